The van der Waals surface area contributed by atoms with Crippen molar-refractivity contribution in [2.75, 3.05) is 25.5 Å². The Morgan fingerprint density at radius 3 is 2.30 bits per heavy atom. The lowest BCUT2D eigenvalue weighted by Crippen LogP contribution is -2.47. The molecule has 0 aliphatic heterocycles. The Bertz CT molecular complexity index is 2580. The van der Waals surface area contributed by atoms with Crippen LogP contribution in [0.15, 0.2) is 55.6 Å². The summed E-state index contributed by atoms with van der Waals surface area (Å²) in [5.41, 5.74) is -3.06. The van der Waals surface area contributed by atoms with Gasteiger partial charge in [-0.05, 0) is 36.4 Å². The number of anilines is 1. The molecule has 16 nitrogen and oxygen atoms in total. The Morgan fingerprint density at radius 2 is 1.59 bits per heavy atom. The second-order valence-electron chi connectivity index (χ2n) is 10.6. The van der Waals surface area contributed by atoms with Gasteiger partial charge in [-0.25, -0.2) is 14.6 Å². The number of halogens is 1. The van der Waals surface area contributed by atoms with Gasteiger partial charge in [-0.1, -0.05) is 11.6 Å². The van der Waals surface area contributed by atoms with Crippen molar-refractivity contribution in [2.45, 2.75) is 6.54 Å². The summed E-state index contributed by atoms with van der Waals surface area (Å²) in [5, 5.41) is 8.20. The Hall–Kier alpha value is -5.77. The standard InChI is InChI=1S/C29H26ClN9O7/c1-35-24-22(26(41)36(2)28(35)43)39(45)23-25(34-24)38(29(44)37(3)27(23)42)13-20(40)31-9-10-32-21-16-7-5-14(30)11-19(16)33-18-8-6-15(46-4)12-17(18)21/h5-8,11-12H,9-10,13H2,1-4H3,(H2-,31,32,33,34,40,41,42,45)/p+1. The van der Waals surface area contributed by atoms with Crippen molar-refractivity contribution in [1.82, 2.24) is 33.6 Å². The third-order valence-electron chi connectivity index (χ3n) is 7.80. The molecule has 17 heteroatoms. The number of pyridine rings is 1. The van der Waals surface area contributed by atoms with Crippen LogP contribution >= 0.6 is 11.6 Å². The van der Waals surface area contributed by atoms with E-state index < -0.39 is 46.0 Å². The number of methoxy groups -OCH3 is 1. The lowest BCUT2D eigenvalue weighted by molar-refractivity contribution is -0.435. The molecule has 0 fully saturated rings. The van der Waals surface area contributed by atoms with E-state index in [2.05, 4.69) is 15.6 Å². The van der Waals surface area contributed by atoms with Gasteiger partial charge in [0.1, 0.15) is 12.3 Å². The normalized spacial score (nSPS) is 11.5. The second-order valence-corrected chi connectivity index (χ2v) is 11.0. The third kappa shape index (κ3) is 4.79. The monoisotopic (exact) mass is 648 g/mol. The molecular formula is C29H27ClN9O7+. The van der Waals surface area contributed by atoms with Crippen molar-refractivity contribution in [2.24, 2.45) is 21.1 Å². The van der Waals surface area contributed by atoms with Gasteiger partial charge in [0.05, 0.1) is 28.3 Å². The van der Waals surface area contributed by atoms with E-state index in [1.165, 1.54) is 14.1 Å². The quantitative estimate of drug-likeness (QED) is 0.122. The van der Waals surface area contributed by atoms with Crippen molar-refractivity contribution in [3.63, 3.8) is 0 Å². The number of amides is 1. The number of nitrogens with one attached hydrogen (secondary N) is 3. The van der Waals surface area contributed by atoms with Crippen LogP contribution in [0.1, 0.15) is 0 Å². The Labute approximate surface area is 261 Å². The molecule has 4 heterocycles. The highest BCUT2D eigenvalue weighted by molar-refractivity contribution is 6.31. The number of benzene rings is 2. The van der Waals surface area contributed by atoms with Gasteiger partial charge in [-0.15, -0.1) is 0 Å². The molecule has 236 valence electrons. The molecule has 0 saturated heterocycles. The van der Waals surface area contributed by atoms with E-state index in [1.807, 2.05) is 18.2 Å². The van der Waals surface area contributed by atoms with Gasteiger partial charge in [0.2, 0.25) is 17.2 Å². The number of nitrogens with zero attached hydrogens (tertiary/aromatic N) is 6. The van der Waals surface area contributed by atoms with E-state index >= 15 is 0 Å². The number of aryl methyl sites for hydroxylation is 1. The molecule has 0 spiro atoms. The number of H-pyrrole nitrogens is 1. The maximum Gasteiger partial charge on any atom is 0.369 e. The molecule has 0 radical (unpaired) electrons. The maximum absolute atomic E-state index is 13.3. The summed E-state index contributed by atoms with van der Waals surface area (Å²) in [6, 6.07) is 10.8. The first kappa shape index (κ1) is 30.3. The first-order chi connectivity index (χ1) is 21.9. The molecule has 0 saturated carbocycles. The van der Waals surface area contributed by atoms with Gasteiger partial charge >= 0.3 is 33.5 Å². The number of ether oxygens (including phenoxy) is 1. The molecule has 0 unspecified atom stereocenters. The summed E-state index contributed by atoms with van der Waals surface area (Å²) in [6.07, 6.45) is 0. The average molecular weight is 649 g/mol. The van der Waals surface area contributed by atoms with Crippen LogP contribution in [0.2, 0.25) is 5.02 Å². The molecule has 1 amide bonds. The Kier molecular flexibility index (Phi) is 7.43. The predicted octanol–water partition coefficient (Wildman–Crippen LogP) is 0.0851. The molecular weight excluding hydrogens is 622 g/mol. The van der Waals surface area contributed by atoms with Crippen LogP contribution in [0.3, 0.4) is 0 Å². The molecule has 0 aliphatic rings. The van der Waals surface area contributed by atoms with Crippen LogP contribution in [0.5, 0.6) is 5.75 Å². The van der Waals surface area contributed by atoms with Gasteiger partial charge in [0.25, 0.3) is 0 Å². The summed E-state index contributed by atoms with van der Waals surface area (Å²) < 4.78 is 8.76. The average Bonchev–Trinajstić information content (AvgIpc) is 3.04. The molecule has 6 aromatic rings. The molecule has 2 aromatic carbocycles. The number of aromatic amines is 1. The van der Waals surface area contributed by atoms with E-state index in [4.69, 9.17) is 21.3 Å². The minimum atomic E-state index is -0.986. The molecule has 0 atom stereocenters. The summed E-state index contributed by atoms with van der Waals surface area (Å²) in [5.74, 6) is 0.0314. The first-order valence-corrected chi connectivity index (χ1v) is 14.3. The molecule has 0 aliphatic carbocycles. The van der Waals surface area contributed by atoms with Crippen LogP contribution in [0.25, 0.3) is 44.1 Å². The van der Waals surface area contributed by atoms with Crippen LogP contribution in [-0.4, -0.2) is 54.3 Å². The minimum absolute atomic E-state index is 0.0779. The van der Waals surface area contributed by atoms with Crippen LogP contribution in [0, 0.1) is 4.91 Å². The zero-order valence-corrected chi connectivity index (χ0v) is 25.8. The molecule has 46 heavy (non-hydrogen) atoms. The van der Waals surface area contributed by atoms with E-state index in [1.54, 1.807) is 25.3 Å². The highest BCUT2D eigenvalue weighted by Gasteiger charge is 2.29. The smallest absolute Gasteiger partial charge is 0.369 e. The van der Waals surface area contributed by atoms with Crippen LogP contribution in [0.4, 0.5) is 5.69 Å². The number of fused-ring (bicyclic) bond motifs is 4. The largest absolute Gasteiger partial charge is 0.497 e. The summed E-state index contributed by atoms with van der Waals surface area (Å²) in [4.78, 5) is 85.3. The van der Waals surface area contributed by atoms with Crippen LogP contribution < -0.4 is 42.3 Å². The number of carbonyl (C=O) groups is 1. The lowest BCUT2D eigenvalue weighted by atomic mass is 10.1. The second kappa shape index (κ2) is 11.3. The van der Waals surface area contributed by atoms with E-state index in [9.17, 15) is 28.9 Å². The number of aromatic nitrogens is 7. The molecule has 3 N–H and O–H groups in total. The topological polar surface area (TPSA) is 190 Å². The van der Waals surface area contributed by atoms with Gasteiger partial charge in [-0.2, -0.15) is 0 Å². The van der Waals surface area contributed by atoms with Crippen molar-refractivity contribution in [3.8, 4) is 5.75 Å². The SMILES string of the molecule is COc1ccc2nc3cc(Cl)ccc3c(NCCNC(=O)Cn3c(=O)n(C)c(=O)c4c3[nH]c3c(c(=O)n(C)c(=O)n3C)[n+]4=O)c2c1. The van der Waals surface area contributed by atoms with Gasteiger partial charge in [0.15, 0.2) is 0 Å². The van der Waals surface area contributed by atoms with Crippen molar-refractivity contribution in [3.05, 3.63) is 88.0 Å². The van der Waals surface area contributed by atoms with E-state index in [-0.39, 0.29) is 28.8 Å². The Balaban J connectivity index is 1.31. The van der Waals surface area contributed by atoms with E-state index in [0.717, 1.165) is 37.2 Å². The predicted molar refractivity (Wildman–Crippen MR) is 171 cm³/mol. The zero-order chi connectivity index (χ0) is 33.0. The fraction of sp³-hybridized carbons (Fsp3) is 0.241. The summed E-state index contributed by atoms with van der Waals surface area (Å²) in [7, 11) is 5.22. The van der Waals surface area contributed by atoms with Crippen molar-refractivity contribution < 1.29 is 14.0 Å². The number of carbonyl (C=O) groups excluding carboxylic acids is 1. The fourth-order valence-electron chi connectivity index (χ4n) is 5.39. The number of hydrogen-bond acceptors (Lipinski definition) is 9. The van der Waals surface area contributed by atoms with Crippen molar-refractivity contribution in [1.29, 1.82) is 0 Å². The fourth-order valence-corrected chi connectivity index (χ4v) is 5.55. The lowest BCUT2D eigenvalue weighted by Gasteiger charge is -2.15. The highest BCUT2D eigenvalue weighted by atomic mass is 35.5. The van der Waals surface area contributed by atoms with E-state index in [0.29, 0.717) is 26.4 Å². The third-order valence-corrected chi connectivity index (χ3v) is 8.03. The first-order valence-electron chi connectivity index (χ1n) is 13.9. The summed E-state index contributed by atoms with van der Waals surface area (Å²) >= 11 is 6.21. The highest BCUT2D eigenvalue weighted by Crippen LogP contribution is 2.34. The summed E-state index contributed by atoms with van der Waals surface area (Å²) in [6.45, 7) is -0.189. The number of rotatable bonds is 7. The van der Waals surface area contributed by atoms with Crippen LogP contribution in [-0.2, 0) is 32.5 Å². The van der Waals surface area contributed by atoms with Gasteiger partial charge in [0, 0.05) is 54.9 Å². The zero-order valence-electron chi connectivity index (χ0n) is 25.0. The molecule has 4 aromatic heterocycles. The Morgan fingerprint density at radius 1 is 0.891 bits per heavy atom. The van der Waals surface area contributed by atoms with Gasteiger partial charge in [-0.3, -0.25) is 32.7 Å². The maximum atomic E-state index is 13.3. The number of hydrogen-bond donors (Lipinski definition) is 3. The molecule has 0 bridgehead atoms. The van der Waals surface area contributed by atoms with Gasteiger partial charge < -0.3 is 20.4 Å². The van der Waals surface area contributed by atoms with Crippen molar-refractivity contribution >= 4 is 67.3 Å². The molecule has 6 rings (SSSR count). The minimum Gasteiger partial charge on any atom is -0.497 e.